The van der Waals surface area contributed by atoms with Gasteiger partial charge in [0.1, 0.15) is 0 Å². The average molecular weight is 245 g/mol. The standard InChI is InChI=1S/C16H23NO/c1-16(2,3)12-14-10-7-11-17(14)15(18)13-8-5-4-6-9-13/h4-6,8-9,14H,7,10-12H2,1-3H3. The molecule has 0 N–H and O–H groups in total. The number of hydrogen-bond acceptors (Lipinski definition) is 1. The first-order chi connectivity index (χ1) is 8.47. The summed E-state index contributed by atoms with van der Waals surface area (Å²) in [6, 6.07) is 10.1. The smallest absolute Gasteiger partial charge is 0.254 e. The van der Waals surface area contributed by atoms with E-state index < -0.39 is 0 Å². The summed E-state index contributed by atoms with van der Waals surface area (Å²) in [6.45, 7) is 7.65. The lowest BCUT2D eigenvalue weighted by Crippen LogP contribution is -2.37. The van der Waals surface area contributed by atoms with E-state index in [4.69, 9.17) is 0 Å². The van der Waals surface area contributed by atoms with Crippen molar-refractivity contribution in [3.8, 4) is 0 Å². The van der Waals surface area contributed by atoms with Gasteiger partial charge in [-0.1, -0.05) is 39.0 Å². The maximum Gasteiger partial charge on any atom is 0.254 e. The number of hydrogen-bond donors (Lipinski definition) is 0. The topological polar surface area (TPSA) is 20.3 Å². The van der Waals surface area contributed by atoms with Gasteiger partial charge in [0.25, 0.3) is 5.91 Å². The lowest BCUT2D eigenvalue weighted by atomic mass is 9.87. The van der Waals surface area contributed by atoms with E-state index >= 15 is 0 Å². The molecule has 2 heteroatoms. The van der Waals surface area contributed by atoms with Gasteiger partial charge in [-0.25, -0.2) is 0 Å². The highest BCUT2D eigenvalue weighted by atomic mass is 16.2. The molecule has 2 nitrogen and oxygen atoms in total. The van der Waals surface area contributed by atoms with Crippen LogP contribution in [0, 0.1) is 5.41 Å². The monoisotopic (exact) mass is 245 g/mol. The first-order valence-electron chi connectivity index (χ1n) is 6.83. The van der Waals surface area contributed by atoms with Crippen LogP contribution in [0.1, 0.15) is 50.4 Å². The average Bonchev–Trinajstić information content (AvgIpc) is 2.75. The van der Waals surface area contributed by atoms with E-state index in [-0.39, 0.29) is 11.3 Å². The summed E-state index contributed by atoms with van der Waals surface area (Å²) in [6.07, 6.45) is 3.38. The van der Waals surface area contributed by atoms with Crippen molar-refractivity contribution in [2.45, 2.75) is 46.1 Å². The predicted octanol–water partition coefficient (Wildman–Crippen LogP) is 3.73. The van der Waals surface area contributed by atoms with Gasteiger partial charge in [-0.2, -0.15) is 0 Å². The fourth-order valence-corrected chi connectivity index (χ4v) is 2.77. The van der Waals surface area contributed by atoms with Crippen molar-refractivity contribution in [1.29, 1.82) is 0 Å². The molecule has 0 bridgehead atoms. The van der Waals surface area contributed by atoms with Crippen molar-refractivity contribution in [3.05, 3.63) is 35.9 Å². The van der Waals surface area contributed by atoms with Gasteiger partial charge < -0.3 is 4.90 Å². The molecule has 1 saturated heterocycles. The Morgan fingerprint density at radius 1 is 1.28 bits per heavy atom. The molecule has 18 heavy (non-hydrogen) atoms. The summed E-state index contributed by atoms with van der Waals surface area (Å²) in [4.78, 5) is 14.5. The number of nitrogens with zero attached hydrogens (tertiary/aromatic N) is 1. The third kappa shape index (κ3) is 3.12. The Morgan fingerprint density at radius 3 is 2.56 bits per heavy atom. The van der Waals surface area contributed by atoms with Gasteiger partial charge in [0.2, 0.25) is 0 Å². The third-order valence-corrected chi connectivity index (χ3v) is 3.51. The minimum absolute atomic E-state index is 0.197. The van der Waals surface area contributed by atoms with E-state index in [9.17, 15) is 4.79 Å². The van der Waals surface area contributed by atoms with Crippen LogP contribution in [-0.4, -0.2) is 23.4 Å². The summed E-state index contributed by atoms with van der Waals surface area (Å²) in [5, 5.41) is 0. The lowest BCUT2D eigenvalue weighted by molar-refractivity contribution is 0.0704. The molecule has 1 amide bonds. The van der Waals surface area contributed by atoms with Crippen LogP contribution in [0.3, 0.4) is 0 Å². The van der Waals surface area contributed by atoms with Crippen LogP contribution in [0.4, 0.5) is 0 Å². The molecule has 0 spiro atoms. The zero-order valence-corrected chi connectivity index (χ0v) is 11.6. The fraction of sp³-hybridized carbons (Fsp3) is 0.562. The van der Waals surface area contributed by atoms with Crippen LogP contribution < -0.4 is 0 Å². The van der Waals surface area contributed by atoms with E-state index in [1.54, 1.807) is 0 Å². The molecule has 2 rings (SSSR count). The fourth-order valence-electron chi connectivity index (χ4n) is 2.77. The van der Waals surface area contributed by atoms with Crippen molar-refractivity contribution >= 4 is 5.91 Å². The zero-order chi connectivity index (χ0) is 13.2. The minimum atomic E-state index is 0.197. The number of benzene rings is 1. The van der Waals surface area contributed by atoms with Gasteiger partial charge in [0, 0.05) is 18.2 Å². The third-order valence-electron chi connectivity index (χ3n) is 3.51. The van der Waals surface area contributed by atoms with Crippen LogP contribution in [0.5, 0.6) is 0 Å². The van der Waals surface area contributed by atoms with Crippen LogP contribution in [0.25, 0.3) is 0 Å². The number of likely N-dealkylation sites (tertiary alicyclic amines) is 1. The maximum atomic E-state index is 12.5. The van der Waals surface area contributed by atoms with Crippen molar-refractivity contribution in [2.75, 3.05) is 6.54 Å². The normalized spacial score (nSPS) is 20.2. The highest BCUT2D eigenvalue weighted by Gasteiger charge is 2.31. The summed E-state index contributed by atoms with van der Waals surface area (Å²) in [5.41, 5.74) is 1.10. The second-order valence-corrected chi connectivity index (χ2v) is 6.43. The Labute approximate surface area is 110 Å². The van der Waals surface area contributed by atoms with Crippen molar-refractivity contribution in [1.82, 2.24) is 4.90 Å². The van der Waals surface area contributed by atoms with Gasteiger partial charge in [-0.3, -0.25) is 4.79 Å². The summed E-state index contributed by atoms with van der Waals surface area (Å²) in [7, 11) is 0. The summed E-state index contributed by atoms with van der Waals surface area (Å²) in [5.74, 6) is 0.197. The molecule has 1 aliphatic heterocycles. The molecule has 0 saturated carbocycles. The van der Waals surface area contributed by atoms with Crippen LogP contribution in [-0.2, 0) is 0 Å². The van der Waals surface area contributed by atoms with Gasteiger partial charge in [0.05, 0.1) is 0 Å². The minimum Gasteiger partial charge on any atom is -0.336 e. The molecule has 0 aromatic heterocycles. The maximum absolute atomic E-state index is 12.5. The van der Waals surface area contributed by atoms with E-state index in [1.807, 2.05) is 30.3 Å². The molecule has 1 aliphatic rings. The van der Waals surface area contributed by atoms with Gasteiger partial charge in [-0.15, -0.1) is 0 Å². The number of amides is 1. The highest BCUT2D eigenvalue weighted by Crippen LogP contribution is 2.30. The van der Waals surface area contributed by atoms with Crippen LogP contribution in [0.15, 0.2) is 30.3 Å². The van der Waals surface area contributed by atoms with Crippen molar-refractivity contribution in [3.63, 3.8) is 0 Å². The molecule has 1 atom stereocenters. The molecule has 1 aromatic rings. The number of rotatable bonds is 2. The first kappa shape index (κ1) is 13.1. The largest absolute Gasteiger partial charge is 0.336 e. The second kappa shape index (κ2) is 5.13. The lowest BCUT2D eigenvalue weighted by Gasteiger charge is -2.30. The van der Waals surface area contributed by atoms with Crippen molar-refractivity contribution < 1.29 is 4.79 Å². The Kier molecular flexibility index (Phi) is 3.74. The Hall–Kier alpha value is -1.31. The molecule has 0 aliphatic carbocycles. The summed E-state index contributed by atoms with van der Waals surface area (Å²) < 4.78 is 0. The SMILES string of the molecule is CC(C)(C)CC1CCCN1C(=O)c1ccccc1. The molecule has 1 aromatic carbocycles. The molecule has 1 heterocycles. The molecule has 0 radical (unpaired) electrons. The Balaban J connectivity index is 2.10. The van der Waals surface area contributed by atoms with E-state index in [1.165, 1.54) is 0 Å². The van der Waals surface area contributed by atoms with Crippen molar-refractivity contribution in [2.24, 2.45) is 5.41 Å². The molecule has 1 unspecified atom stereocenters. The highest BCUT2D eigenvalue weighted by molar-refractivity contribution is 5.94. The van der Waals surface area contributed by atoms with Gasteiger partial charge >= 0.3 is 0 Å². The van der Waals surface area contributed by atoms with E-state index in [0.717, 1.165) is 31.4 Å². The quantitative estimate of drug-likeness (QED) is 0.777. The molecular formula is C16H23NO. The van der Waals surface area contributed by atoms with Gasteiger partial charge in [0.15, 0.2) is 0 Å². The first-order valence-corrected chi connectivity index (χ1v) is 6.83. The van der Waals surface area contributed by atoms with E-state index in [2.05, 4.69) is 25.7 Å². The van der Waals surface area contributed by atoms with Crippen LogP contribution in [0.2, 0.25) is 0 Å². The molecule has 98 valence electrons. The van der Waals surface area contributed by atoms with E-state index in [0.29, 0.717) is 6.04 Å². The Morgan fingerprint density at radius 2 is 1.94 bits per heavy atom. The number of carbonyl (C=O) groups excluding carboxylic acids is 1. The van der Waals surface area contributed by atoms with Crippen LogP contribution >= 0.6 is 0 Å². The predicted molar refractivity (Wildman–Crippen MR) is 74.6 cm³/mol. The molecule has 1 fully saturated rings. The Bertz CT molecular complexity index is 405. The zero-order valence-electron chi connectivity index (χ0n) is 11.6. The van der Waals surface area contributed by atoms with Gasteiger partial charge in [-0.05, 0) is 36.8 Å². The second-order valence-electron chi connectivity index (χ2n) is 6.43. The number of carbonyl (C=O) groups is 1. The molecular weight excluding hydrogens is 222 g/mol. The summed E-state index contributed by atoms with van der Waals surface area (Å²) >= 11 is 0.